The zero-order valence-electron chi connectivity index (χ0n) is 22.1. The van der Waals surface area contributed by atoms with Crippen LogP contribution >= 0.6 is 0 Å². The van der Waals surface area contributed by atoms with E-state index >= 15 is 0 Å². The molecular weight excluding hydrogens is 503 g/mol. The van der Waals surface area contributed by atoms with Crippen molar-refractivity contribution in [3.8, 4) is 33.8 Å². The van der Waals surface area contributed by atoms with Gasteiger partial charge in [0.25, 0.3) is 0 Å². The van der Waals surface area contributed by atoms with Crippen LogP contribution in [0.15, 0.2) is 133 Å². The van der Waals surface area contributed by atoms with Gasteiger partial charge in [0, 0.05) is 32.6 Å². The summed E-state index contributed by atoms with van der Waals surface area (Å²) in [4.78, 5) is 7.09. The van der Waals surface area contributed by atoms with Crippen molar-refractivity contribution in [3.63, 3.8) is 0 Å². The molecule has 0 aliphatic carbocycles. The highest BCUT2D eigenvalue weighted by Crippen LogP contribution is 2.38. The van der Waals surface area contributed by atoms with Crippen LogP contribution in [0.3, 0.4) is 0 Å². The number of para-hydroxylation sites is 2. The minimum atomic E-state index is 0.699. The maximum Gasteiger partial charge on any atom is 0.658 e. The molecule has 0 saturated carbocycles. The van der Waals surface area contributed by atoms with Gasteiger partial charge in [0.15, 0.2) is 0 Å². The van der Waals surface area contributed by atoms with E-state index in [1.165, 1.54) is 7.69 Å². The Morgan fingerprint density at radius 2 is 0.805 bits per heavy atom. The molecule has 6 aromatic carbocycles. The van der Waals surface area contributed by atoms with E-state index < -0.39 is 0 Å². The second-order valence-electron chi connectivity index (χ2n) is 10.2. The Morgan fingerprint density at radius 1 is 0.390 bits per heavy atom. The molecule has 0 aliphatic heterocycles. The summed E-state index contributed by atoms with van der Waals surface area (Å²) in [5.74, 6) is 1.40. The Labute approximate surface area is 237 Å². The summed E-state index contributed by atoms with van der Waals surface area (Å²) in [7, 11) is 1.43. The fourth-order valence-electron chi connectivity index (χ4n) is 5.75. The first-order valence-electron chi connectivity index (χ1n) is 13.7. The van der Waals surface area contributed by atoms with E-state index in [1.807, 2.05) is 24.3 Å². The third-order valence-electron chi connectivity index (χ3n) is 7.72. The van der Waals surface area contributed by atoms with Crippen molar-refractivity contribution in [2.24, 2.45) is 0 Å². The SMILES string of the molecule is [B](Oc1cc(-c2ccccc2)cc2c1[nH]c1ccccc12)Oc1cc(-c2ccccc2)cc2c1[nH]c1ccccc12. The molecule has 0 spiro atoms. The van der Waals surface area contributed by atoms with Crippen LogP contribution in [0, 0.1) is 0 Å². The maximum atomic E-state index is 6.29. The van der Waals surface area contributed by atoms with Gasteiger partial charge < -0.3 is 19.3 Å². The van der Waals surface area contributed by atoms with Gasteiger partial charge in [0.1, 0.15) is 11.5 Å². The zero-order chi connectivity index (χ0) is 27.2. The van der Waals surface area contributed by atoms with E-state index in [-0.39, 0.29) is 0 Å². The van der Waals surface area contributed by atoms with Crippen LogP contribution in [-0.4, -0.2) is 17.7 Å². The molecule has 4 nitrogen and oxygen atoms in total. The lowest BCUT2D eigenvalue weighted by molar-refractivity contribution is 0.464. The largest absolute Gasteiger partial charge is 0.658 e. The fraction of sp³-hybridized carbons (Fsp3) is 0. The first-order valence-corrected chi connectivity index (χ1v) is 13.7. The lowest BCUT2D eigenvalue weighted by Crippen LogP contribution is -2.11. The molecule has 2 heterocycles. The molecule has 0 amide bonds. The summed E-state index contributed by atoms with van der Waals surface area (Å²) < 4.78 is 12.6. The molecule has 41 heavy (non-hydrogen) atoms. The Kier molecular flexibility index (Phi) is 5.52. The summed E-state index contributed by atoms with van der Waals surface area (Å²) in [5.41, 5.74) is 8.40. The van der Waals surface area contributed by atoms with Crippen LogP contribution < -0.4 is 9.31 Å². The number of H-pyrrole nitrogens is 2. The first-order chi connectivity index (χ1) is 20.3. The maximum absolute atomic E-state index is 6.29. The second-order valence-corrected chi connectivity index (χ2v) is 10.2. The van der Waals surface area contributed by atoms with Crippen LogP contribution in [0.1, 0.15) is 0 Å². The predicted octanol–water partition coefficient (Wildman–Crippen LogP) is 9.28. The highest BCUT2D eigenvalue weighted by atomic mass is 16.6. The molecule has 193 valence electrons. The molecule has 0 aliphatic rings. The summed E-state index contributed by atoms with van der Waals surface area (Å²) in [5, 5.41) is 4.52. The van der Waals surface area contributed by atoms with Crippen LogP contribution in [0.5, 0.6) is 11.5 Å². The number of hydrogen-bond donors (Lipinski definition) is 2. The Morgan fingerprint density at radius 3 is 1.27 bits per heavy atom. The van der Waals surface area contributed by atoms with Crippen LogP contribution in [-0.2, 0) is 0 Å². The van der Waals surface area contributed by atoms with E-state index in [0.29, 0.717) is 11.5 Å². The van der Waals surface area contributed by atoms with Crippen molar-refractivity contribution in [1.82, 2.24) is 9.97 Å². The van der Waals surface area contributed by atoms with Crippen molar-refractivity contribution < 1.29 is 9.31 Å². The molecule has 8 aromatic rings. The number of fused-ring (bicyclic) bond motifs is 6. The number of aromatic nitrogens is 2. The van der Waals surface area contributed by atoms with Gasteiger partial charge in [-0.1, -0.05) is 97.1 Å². The minimum absolute atomic E-state index is 0.699. The summed E-state index contributed by atoms with van der Waals surface area (Å²) >= 11 is 0. The normalized spacial score (nSPS) is 11.4. The third-order valence-corrected chi connectivity index (χ3v) is 7.72. The molecule has 0 unspecified atom stereocenters. The molecule has 2 aromatic heterocycles. The predicted molar refractivity (Wildman–Crippen MR) is 169 cm³/mol. The third kappa shape index (κ3) is 4.10. The molecule has 0 saturated heterocycles. The summed E-state index contributed by atoms with van der Waals surface area (Å²) in [6.07, 6.45) is 0. The number of hydrogen-bond acceptors (Lipinski definition) is 2. The molecule has 8 rings (SSSR count). The zero-order valence-corrected chi connectivity index (χ0v) is 22.1. The summed E-state index contributed by atoms with van der Waals surface area (Å²) in [6, 6.07) is 45.9. The van der Waals surface area contributed by atoms with Gasteiger partial charge in [0.05, 0.1) is 11.0 Å². The number of rotatable bonds is 6. The van der Waals surface area contributed by atoms with E-state index in [1.54, 1.807) is 0 Å². The van der Waals surface area contributed by atoms with Gasteiger partial charge in [-0.3, -0.25) is 0 Å². The lowest BCUT2D eigenvalue weighted by Gasteiger charge is -2.12. The Balaban J connectivity index is 1.20. The molecule has 0 atom stereocenters. The Bertz CT molecular complexity index is 2030. The molecule has 2 N–H and O–H groups in total. The van der Waals surface area contributed by atoms with Gasteiger partial charge >= 0.3 is 7.69 Å². The number of nitrogens with one attached hydrogen (secondary N) is 2. The van der Waals surface area contributed by atoms with E-state index in [9.17, 15) is 0 Å². The average Bonchev–Trinajstić information content (AvgIpc) is 3.61. The number of aromatic amines is 2. The molecular formula is C36H24BN2O2. The average molecular weight is 527 g/mol. The second kappa shape index (κ2) is 9.65. The van der Waals surface area contributed by atoms with Crippen LogP contribution in [0.2, 0.25) is 0 Å². The standard InChI is InChI=1S/C36H24BN2O2/c1-3-11-23(12-4-1)25-19-29-27-15-7-9-17-31(27)38-35(29)33(21-25)40-37-41-34-22-26(24-13-5-2-6-14-24)20-30-28-16-8-10-18-32(28)39-36(30)34/h1-22,38-39H. The van der Waals surface area contributed by atoms with Crippen LogP contribution in [0.4, 0.5) is 0 Å². The van der Waals surface area contributed by atoms with Gasteiger partial charge in [-0.05, 0) is 58.7 Å². The van der Waals surface area contributed by atoms with E-state index in [2.05, 4.69) is 119 Å². The van der Waals surface area contributed by atoms with Crippen molar-refractivity contribution in [1.29, 1.82) is 0 Å². The fourth-order valence-corrected chi connectivity index (χ4v) is 5.75. The van der Waals surface area contributed by atoms with Crippen molar-refractivity contribution in [3.05, 3.63) is 133 Å². The van der Waals surface area contributed by atoms with Gasteiger partial charge in [-0.25, -0.2) is 0 Å². The van der Waals surface area contributed by atoms with Crippen molar-refractivity contribution >= 4 is 51.3 Å². The van der Waals surface area contributed by atoms with Gasteiger partial charge in [0.2, 0.25) is 0 Å². The smallest absolute Gasteiger partial charge is 0.525 e. The molecule has 1 radical (unpaired) electrons. The highest BCUT2D eigenvalue weighted by molar-refractivity contribution is 6.23. The number of benzene rings is 6. The lowest BCUT2D eigenvalue weighted by atomic mass is 10.0. The topological polar surface area (TPSA) is 50.0 Å². The summed E-state index contributed by atoms with van der Waals surface area (Å²) in [6.45, 7) is 0. The van der Waals surface area contributed by atoms with Crippen molar-refractivity contribution in [2.45, 2.75) is 0 Å². The van der Waals surface area contributed by atoms with Gasteiger partial charge in [-0.2, -0.15) is 0 Å². The molecule has 0 fully saturated rings. The van der Waals surface area contributed by atoms with Gasteiger partial charge in [-0.15, -0.1) is 0 Å². The van der Waals surface area contributed by atoms with E-state index in [0.717, 1.165) is 65.9 Å². The van der Waals surface area contributed by atoms with Crippen molar-refractivity contribution in [2.75, 3.05) is 0 Å². The van der Waals surface area contributed by atoms with E-state index in [4.69, 9.17) is 9.31 Å². The Hall–Kier alpha value is -5.42. The van der Waals surface area contributed by atoms with Crippen LogP contribution in [0.25, 0.3) is 65.9 Å². The first kappa shape index (κ1) is 23.5. The highest BCUT2D eigenvalue weighted by Gasteiger charge is 2.16. The molecule has 0 bridgehead atoms. The minimum Gasteiger partial charge on any atom is -0.525 e. The monoisotopic (exact) mass is 527 g/mol. The quantitative estimate of drug-likeness (QED) is 0.212. The molecule has 5 heteroatoms.